The van der Waals surface area contributed by atoms with Crippen LogP contribution in [0.4, 0.5) is 0 Å². The lowest BCUT2D eigenvalue weighted by Gasteiger charge is -2.14. The van der Waals surface area contributed by atoms with Crippen molar-refractivity contribution in [1.29, 1.82) is 0 Å². The van der Waals surface area contributed by atoms with Crippen molar-refractivity contribution in [3.63, 3.8) is 0 Å². The van der Waals surface area contributed by atoms with Gasteiger partial charge in [-0.15, -0.1) is 0 Å². The number of carbonyl (C=O) groups excluding carboxylic acids is 2. The van der Waals surface area contributed by atoms with Crippen molar-refractivity contribution >= 4 is 11.9 Å². The van der Waals surface area contributed by atoms with E-state index in [4.69, 9.17) is 28.4 Å². The molecule has 0 fully saturated rings. The average Bonchev–Trinajstić information content (AvgIpc) is 2.64. The maximum absolute atomic E-state index is 11.8. The van der Waals surface area contributed by atoms with Crippen LogP contribution in [-0.4, -0.2) is 79.0 Å². The maximum atomic E-state index is 11.8. The molecular formula is C18H34O8. The highest BCUT2D eigenvalue weighted by molar-refractivity contribution is 5.71. The van der Waals surface area contributed by atoms with Crippen molar-refractivity contribution in [2.24, 2.45) is 5.92 Å². The van der Waals surface area contributed by atoms with Gasteiger partial charge in [0, 0.05) is 27.1 Å². The highest BCUT2D eigenvalue weighted by Gasteiger charge is 2.15. The van der Waals surface area contributed by atoms with Crippen LogP contribution in [0.1, 0.15) is 32.6 Å². The van der Waals surface area contributed by atoms with Gasteiger partial charge in [0.05, 0.1) is 39.6 Å². The van der Waals surface area contributed by atoms with E-state index in [0.29, 0.717) is 52.5 Å². The quantitative estimate of drug-likeness (QED) is 0.262. The monoisotopic (exact) mass is 378 g/mol. The Morgan fingerprint density at radius 3 is 1.73 bits per heavy atom. The molecule has 0 bridgehead atoms. The zero-order valence-electron chi connectivity index (χ0n) is 16.3. The van der Waals surface area contributed by atoms with Crippen molar-refractivity contribution in [2.75, 3.05) is 67.1 Å². The fourth-order valence-electron chi connectivity index (χ4n) is 2.06. The highest BCUT2D eigenvalue weighted by atomic mass is 16.6. The minimum Gasteiger partial charge on any atom is -0.463 e. The van der Waals surface area contributed by atoms with Crippen molar-refractivity contribution in [1.82, 2.24) is 0 Å². The van der Waals surface area contributed by atoms with Gasteiger partial charge in [-0.1, -0.05) is 13.3 Å². The molecule has 8 nitrogen and oxygen atoms in total. The van der Waals surface area contributed by atoms with Gasteiger partial charge >= 0.3 is 11.9 Å². The molecule has 0 radical (unpaired) electrons. The zero-order valence-corrected chi connectivity index (χ0v) is 16.3. The Kier molecular flexibility index (Phi) is 17.7. The van der Waals surface area contributed by atoms with E-state index in [1.54, 1.807) is 14.2 Å². The Hall–Kier alpha value is -1.22. The normalized spacial score (nSPS) is 12.0. The van der Waals surface area contributed by atoms with Crippen LogP contribution >= 0.6 is 0 Å². The van der Waals surface area contributed by atoms with Crippen molar-refractivity contribution < 1.29 is 38.0 Å². The molecular weight excluding hydrogens is 344 g/mol. The minimum atomic E-state index is -0.279. The summed E-state index contributed by atoms with van der Waals surface area (Å²) in [5.41, 5.74) is 0. The SMILES string of the molecule is CCC(CCC(=O)OCCOCCOC)CC(=O)OCCOCCOC. The summed E-state index contributed by atoms with van der Waals surface area (Å²) >= 11 is 0. The number of methoxy groups -OCH3 is 2. The summed E-state index contributed by atoms with van der Waals surface area (Å²) in [6.07, 6.45) is 1.97. The maximum Gasteiger partial charge on any atom is 0.306 e. The Morgan fingerprint density at radius 2 is 1.23 bits per heavy atom. The van der Waals surface area contributed by atoms with E-state index in [2.05, 4.69) is 0 Å². The summed E-state index contributed by atoms with van der Waals surface area (Å²) in [6, 6.07) is 0. The molecule has 1 unspecified atom stereocenters. The molecule has 0 aromatic heterocycles. The molecule has 154 valence electrons. The molecule has 0 aromatic rings. The van der Waals surface area contributed by atoms with Gasteiger partial charge in [0.1, 0.15) is 13.2 Å². The van der Waals surface area contributed by atoms with Gasteiger partial charge < -0.3 is 28.4 Å². The third-order valence-electron chi connectivity index (χ3n) is 3.63. The molecule has 26 heavy (non-hydrogen) atoms. The lowest BCUT2D eigenvalue weighted by atomic mass is 9.97. The molecule has 0 aromatic carbocycles. The van der Waals surface area contributed by atoms with Crippen LogP contribution < -0.4 is 0 Å². The van der Waals surface area contributed by atoms with Crippen molar-refractivity contribution in [2.45, 2.75) is 32.6 Å². The summed E-state index contributed by atoms with van der Waals surface area (Å²) in [4.78, 5) is 23.5. The lowest BCUT2D eigenvalue weighted by Crippen LogP contribution is -2.17. The molecule has 1 atom stereocenters. The summed E-state index contributed by atoms with van der Waals surface area (Å²) in [7, 11) is 3.20. The first-order valence-electron chi connectivity index (χ1n) is 9.08. The Balaban J connectivity index is 3.70. The molecule has 0 rings (SSSR count). The van der Waals surface area contributed by atoms with Gasteiger partial charge in [0.2, 0.25) is 0 Å². The second-order valence-electron chi connectivity index (χ2n) is 5.67. The number of ether oxygens (including phenoxy) is 6. The second-order valence-corrected chi connectivity index (χ2v) is 5.67. The predicted molar refractivity (Wildman–Crippen MR) is 94.9 cm³/mol. The minimum absolute atomic E-state index is 0.0995. The molecule has 0 aliphatic carbocycles. The molecule has 0 heterocycles. The van der Waals surface area contributed by atoms with Crippen molar-refractivity contribution in [3.8, 4) is 0 Å². The third kappa shape index (κ3) is 16.3. The topological polar surface area (TPSA) is 89.5 Å². The molecule has 0 saturated carbocycles. The summed E-state index contributed by atoms with van der Waals surface area (Å²) in [5, 5.41) is 0. The van der Waals surface area contributed by atoms with Gasteiger partial charge in [0.25, 0.3) is 0 Å². The van der Waals surface area contributed by atoms with Crippen LogP contribution in [0.15, 0.2) is 0 Å². The largest absolute Gasteiger partial charge is 0.463 e. The number of rotatable bonds is 18. The van der Waals surface area contributed by atoms with E-state index in [1.165, 1.54) is 0 Å². The van der Waals surface area contributed by atoms with Crippen LogP contribution in [0, 0.1) is 5.92 Å². The summed E-state index contributed by atoms with van der Waals surface area (Å²) in [6.45, 7) is 5.13. The summed E-state index contributed by atoms with van der Waals surface area (Å²) < 4.78 is 30.3. The van der Waals surface area contributed by atoms with E-state index in [-0.39, 0.29) is 37.5 Å². The number of hydrogen-bond donors (Lipinski definition) is 0. The predicted octanol–water partition coefficient (Wildman–Crippen LogP) is 1.60. The standard InChI is InChI=1S/C18H34O8/c1-4-16(15-18(20)26-14-12-24-10-8-22-3)5-6-17(19)25-13-11-23-9-7-21-2/h16H,4-15H2,1-3H3. The molecule has 0 amide bonds. The first-order chi connectivity index (χ1) is 12.6. The fraction of sp³-hybridized carbons (Fsp3) is 0.889. The number of hydrogen-bond acceptors (Lipinski definition) is 8. The molecule has 0 aliphatic heterocycles. The molecule has 0 aliphatic rings. The van der Waals surface area contributed by atoms with E-state index >= 15 is 0 Å². The molecule has 0 N–H and O–H groups in total. The molecule has 0 spiro atoms. The van der Waals surface area contributed by atoms with Gasteiger partial charge in [-0.05, 0) is 12.3 Å². The van der Waals surface area contributed by atoms with Crippen LogP contribution in [0.3, 0.4) is 0 Å². The highest BCUT2D eigenvalue weighted by Crippen LogP contribution is 2.16. The fourth-order valence-corrected chi connectivity index (χ4v) is 2.06. The Bertz CT molecular complexity index is 348. The van der Waals surface area contributed by atoms with Gasteiger partial charge in [-0.2, -0.15) is 0 Å². The van der Waals surface area contributed by atoms with Gasteiger partial charge in [-0.3, -0.25) is 9.59 Å². The lowest BCUT2D eigenvalue weighted by molar-refractivity contribution is -0.148. The van der Waals surface area contributed by atoms with Crippen LogP contribution in [0.2, 0.25) is 0 Å². The average molecular weight is 378 g/mol. The second kappa shape index (κ2) is 18.6. The van der Waals surface area contributed by atoms with Crippen LogP contribution in [0.25, 0.3) is 0 Å². The van der Waals surface area contributed by atoms with Gasteiger partial charge in [0.15, 0.2) is 0 Å². The Labute approximate surface area is 156 Å². The first kappa shape index (κ1) is 24.8. The molecule has 0 saturated heterocycles. The van der Waals surface area contributed by atoms with E-state index in [0.717, 1.165) is 6.42 Å². The van der Waals surface area contributed by atoms with Crippen LogP contribution in [0.5, 0.6) is 0 Å². The summed E-state index contributed by atoms with van der Waals surface area (Å²) in [5.74, 6) is -0.451. The first-order valence-corrected chi connectivity index (χ1v) is 9.08. The smallest absolute Gasteiger partial charge is 0.306 e. The van der Waals surface area contributed by atoms with E-state index < -0.39 is 0 Å². The van der Waals surface area contributed by atoms with Gasteiger partial charge in [-0.25, -0.2) is 0 Å². The van der Waals surface area contributed by atoms with E-state index in [1.807, 2.05) is 6.92 Å². The Morgan fingerprint density at radius 1 is 0.731 bits per heavy atom. The van der Waals surface area contributed by atoms with E-state index in [9.17, 15) is 9.59 Å². The number of esters is 2. The van der Waals surface area contributed by atoms with Crippen molar-refractivity contribution in [3.05, 3.63) is 0 Å². The third-order valence-corrected chi connectivity index (χ3v) is 3.63. The molecule has 8 heteroatoms. The van der Waals surface area contributed by atoms with Crippen LogP contribution in [-0.2, 0) is 38.0 Å². The number of carbonyl (C=O) groups is 2. The zero-order chi connectivity index (χ0) is 19.5.